The lowest BCUT2D eigenvalue weighted by Crippen LogP contribution is -2.42. The Labute approximate surface area is 164 Å². The molecule has 0 unspecified atom stereocenters. The number of carbonyl (C=O) groups is 1. The van der Waals surface area contributed by atoms with E-state index in [4.69, 9.17) is 5.10 Å². The van der Waals surface area contributed by atoms with Crippen molar-refractivity contribution in [1.29, 1.82) is 0 Å². The third kappa shape index (κ3) is 3.42. The summed E-state index contributed by atoms with van der Waals surface area (Å²) in [6.07, 6.45) is 8.41. The summed E-state index contributed by atoms with van der Waals surface area (Å²) in [6, 6.07) is 8.37. The Kier molecular flexibility index (Phi) is 4.60. The Morgan fingerprint density at radius 1 is 1.18 bits per heavy atom. The number of aromatic nitrogens is 4. The van der Waals surface area contributed by atoms with E-state index in [1.165, 1.54) is 37.8 Å². The van der Waals surface area contributed by atoms with E-state index in [0.29, 0.717) is 12.1 Å². The van der Waals surface area contributed by atoms with Gasteiger partial charge in [0.1, 0.15) is 0 Å². The van der Waals surface area contributed by atoms with E-state index >= 15 is 0 Å². The van der Waals surface area contributed by atoms with E-state index in [1.54, 1.807) is 12.4 Å². The first-order valence-electron chi connectivity index (χ1n) is 10.3. The highest BCUT2D eigenvalue weighted by Crippen LogP contribution is 2.26. The molecular formula is C21H26N6O. The molecule has 0 spiro atoms. The normalized spacial score (nSPS) is 18.3. The minimum absolute atomic E-state index is 0.0914. The summed E-state index contributed by atoms with van der Waals surface area (Å²) in [6.45, 7) is 3.44. The SMILES string of the molecule is O=C(NCc1cc2n(n1)CCN(C1CCCCC1)C2)c1ccc2nc[nH]c2c1. The Morgan fingerprint density at radius 2 is 2.07 bits per heavy atom. The summed E-state index contributed by atoms with van der Waals surface area (Å²) in [5.41, 5.74) is 4.55. The summed E-state index contributed by atoms with van der Waals surface area (Å²) in [7, 11) is 0. The molecule has 1 fully saturated rings. The summed E-state index contributed by atoms with van der Waals surface area (Å²) in [5, 5.41) is 7.69. The zero-order valence-corrected chi connectivity index (χ0v) is 16.0. The number of amides is 1. The topological polar surface area (TPSA) is 78.8 Å². The molecule has 1 aliphatic carbocycles. The van der Waals surface area contributed by atoms with Crippen molar-refractivity contribution in [2.45, 2.75) is 57.8 Å². The highest BCUT2D eigenvalue weighted by molar-refractivity contribution is 5.97. The standard InChI is InChI=1S/C21H26N6O/c28-21(15-6-7-19-20(10-15)24-14-23-19)22-12-16-11-18-13-26(8-9-27(18)25-16)17-4-2-1-3-5-17/h6-7,10-11,14,17H,1-5,8-9,12-13H2,(H,22,28)(H,23,24). The molecule has 1 aliphatic heterocycles. The molecule has 2 N–H and O–H groups in total. The Hall–Kier alpha value is -2.67. The number of imidazole rings is 1. The minimum atomic E-state index is -0.0914. The second-order valence-electron chi connectivity index (χ2n) is 7.93. The fourth-order valence-electron chi connectivity index (χ4n) is 4.54. The predicted octanol–water partition coefficient (Wildman–Crippen LogP) is 2.84. The van der Waals surface area contributed by atoms with Crippen LogP contribution in [0.25, 0.3) is 11.0 Å². The number of H-pyrrole nitrogens is 1. The molecule has 2 aliphatic rings. The molecule has 1 amide bonds. The van der Waals surface area contributed by atoms with Gasteiger partial charge in [0.05, 0.1) is 41.8 Å². The van der Waals surface area contributed by atoms with Crippen LogP contribution < -0.4 is 5.32 Å². The van der Waals surface area contributed by atoms with Gasteiger partial charge in [0.2, 0.25) is 0 Å². The lowest BCUT2D eigenvalue weighted by atomic mass is 9.94. The number of aromatic amines is 1. The summed E-state index contributed by atoms with van der Waals surface area (Å²) in [5.74, 6) is -0.0914. The maximum atomic E-state index is 12.5. The van der Waals surface area contributed by atoms with Gasteiger partial charge in [-0.15, -0.1) is 0 Å². The minimum Gasteiger partial charge on any atom is -0.346 e. The monoisotopic (exact) mass is 378 g/mol. The van der Waals surface area contributed by atoms with Crippen molar-refractivity contribution in [2.24, 2.45) is 0 Å². The van der Waals surface area contributed by atoms with Crippen molar-refractivity contribution in [1.82, 2.24) is 30.0 Å². The molecule has 7 nitrogen and oxygen atoms in total. The first kappa shape index (κ1) is 17.4. The van der Waals surface area contributed by atoms with Crippen LogP contribution in [-0.4, -0.2) is 43.1 Å². The van der Waals surface area contributed by atoms with Gasteiger partial charge in [-0.25, -0.2) is 4.98 Å². The first-order valence-corrected chi connectivity index (χ1v) is 10.3. The van der Waals surface area contributed by atoms with Crippen molar-refractivity contribution in [2.75, 3.05) is 6.54 Å². The van der Waals surface area contributed by atoms with E-state index in [9.17, 15) is 4.79 Å². The summed E-state index contributed by atoms with van der Waals surface area (Å²) < 4.78 is 2.11. The van der Waals surface area contributed by atoms with Gasteiger partial charge in [-0.05, 0) is 37.1 Å². The number of hydrogen-bond donors (Lipinski definition) is 2. The fraction of sp³-hybridized carbons (Fsp3) is 0.476. The zero-order chi connectivity index (χ0) is 18.9. The summed E-state index contributed by atoms with van der Waals surface area (Å²) in [4.78, 5) is 22.3. The zero-order valence-electron chi connectivity index (χ0n) is 16.0. The van der Waals surface area contributed by atoms with Crippen LogP contribution in [0.1, 0.15) is 53.8 Å². The van der Waals surface area contributed by atoms with Crippen molar-refractivity contribution in [3.8, 4) is 0 Å². The Balaban J connectivity index is 1.22. The first-order chi connectivity index (χ1) is 13.8. The number of nitrogens with one attached hydrogen (secondary N) is 2. The Bertz CT molecular complexity index is 984. The van der Waals surface area contributed by atoms with E-state index in [-0.39, 0.29) is 5.91 Å². The van der Waals surface area contributed by atoms with Crippen molar-refractivity contribution in [3.05, 3.63) is 47.5 Å². The van der Waals surface area contributed by atoms with Crippen LogP contribution in [0.2, 0.25) is 0 Å². The quantitative estimate of drug-likeness (QED) is 0.732. The molecule has 3 aromatic rings. The lowest BCUT2D eigenvalue weighted by molar-refractivity contribution is 0.0950. The predicted molar refractivity (Wildman–Crippen MR) is 107 cm³/mol. The Morgan fingerprint density at radius 3 is 2.96 bits per heavy atom. The third-order valence-electron chi connectivity index (χ3n) is 6.08. The molecule has 0 bridgehead atoms. The van der Waals surface area contributed by atoms with Gasteiger partial charge in [0.15, 0.2) is 0 Å². The van der Waals surface area contributed by atoms with Crippen LogP contribution in [0.4, 0.5) is 0 Å². The van der Waals surface area contributed by atoms with E-state index in [2.05, 4.69) is 30.9 Å². The van der Waals surface area contributed by atoms with Gasteiger partial charge < -0.3 is 10.3 Å². The van der Waals surface area contributed by atoms with Crippen LogP contribution in [0.15, 0.2) is 30.6 Å². The molecule has 5 rings (SSSR count). The van der Waals surface area contributed by atoms with Crippen LogP contribution in [0.5, 0.6) is 0 Å². The largest absolute Gasteiger partial charge is 0.346 e. The molecule has 0 saturated heterocycles. The molecule has 146 valence electrons. The molecule has 3 heterocycles. The number of hydrogen-bond acceptors (Lipinski definition) is 4. The highest BCUT2D eigenvalue weighted by atomic mass is 16.1. The smallest absolute Gasteiger partial charge is 0.251 e. The molecule has 1 saturated carbocycles. The van der Waals surface area contributed by atoms with Gasteiger partial charge in [-0.2, -0.15) is 5.10 Å². The number of nitrogens with zero attached hydrogens (tertiary/aromatic N) is 4. The third-order valence-corrected chi connectivity index (χ3v) is 6.08. The van der Waals surface area contributed by atoms with Gasteiger partial charge >= 0.3 is 0 Å². The molecular weight excluding hydrogens is 352 g/mol. The highest BCUT2D eigenvalue weighted by Gasteiger charge is 2.26. The van der Waals surface area contributed by atoms with Crippen molar-refractivity contribution >= 4 is 16.9 Å². The molecule has 2 aromatic heterocycles. The summed E-state index contributed by atoms with van der Waals surface area (Å²) >= 11 is 0. The molecule has 7 heteroatoms. The molecule has 1 aromatic carbocycles. The molecule has 0 radical (unpaired) electrons. The molecule has 28 heavy (non-hydrogen) atoms. The van der Waals surface area contributed by atoms with E-state index < -0.39 is 0 Å². The van der Waals surface area contributed by atoms with Crippen LogP contribution in [0.3, 0.4) is 0 Å². The van der Waals surface area contributed by atoms with E-state index in [1.807, 2.05) is 12.1 Å². The van der Waals surface area contributed by atoms with Gasteiger partial charge in [0, 0.05) is 24.7 Å². The van der Waals surface area contributed by atoms with Crippen molar-refractivity contribution < 1.29 is 4.79 Å². The molecule has 0 atom stereocenters. The number of benzene rings is 1. The average molecular weight is 378 g/mol. The van der Waals surface area contributed by atoms with Crippen LogP contribution in [-0.2, 0) is 19.6 Å². The van der Waals surface area contributed by atoms with Gasteiger partial charge in [-0.3, -0.25) is 14.4 Å². The number of fused-ring (bicyclic) bond motifs is 2. The van der Waals surface area contributed by atoms with Gasteiger partial charge in [0.25, 0.3) is 5.91 Å². The number of carbonyl (C=O) groups excluding carboxylic acids is 1. The maximum absolute atomic E-state index is 12.5. The van der Waals surface area contributed by atoms with Crippen LogP contribution in [0, 0.1) is 0 Å². The average Bonchev–Trinajstić information content (AvgIpc) is 3.37. The van der Waals surface area contributed by atoms with E-state index in [0.717, 1.165) is 42.4 Å². The maximum Gasteiger partial charge on any atom is 0.251 e. The second kappa shape index (κ2) is 7.39. The second-order valence-corrected chi connectivity index (χ2v) is 7.93. The number of rotatable bonds is 4. The van der Waals surface area contributed by atoms with Crippen LogP contribution >= 0.6 is 0 Å². The fourth-order valence-corrected chi connectivity index (χ4v) is 4.54. The van der Waals surface area contributed by atoms with Gasteiger partial charge in [-0.1, -0.05) is 19.3 Å². The lowest BCUT2D eigenvalue weighted by Gasteiger charge is -2.36. The van der Waals surface area contributed by atoms with Crippen molar-refractivity contribution in [3.63, 3.8) is 0 Å².